The molecule has 1 aromatic rings. The monoisotopic (exact) mass is 343 g/mol. The number of amides is 2. The number of hydrogen-bond donors (Lipinski definition) is 4. The highest BCUT2D eigenvalue weighted by atomic mass is 35.5. The van der Waals surface area contributed by atoms with Crippen molar-refractivity contribution in [3.8, 4) is 5.75 Å². The van der Waals surface area contributed by atoms with E-state index in [1.807, 2.05) is 13.8 Å². The molecule has 0 bridgehead atoms. The molecule has 1 aromatic carbocycles. The summed E-state index contributed by atoms with van der Waals surface area (Å²) in [5.41, 5.74) is 6.22. The first kappa shape index (κ1) is 21.2. The van der Waals surface area contributed by atoms with Crippen LogP contribution in [0.5, 0.6) is 5.75 Å². The normalized spacial score (nSPS) is 12.7. The van der Waals surface area contributed by atoms with Crippen LogP contribution in [-0.4, -0.2) is 36.1 Å². The number of phenols is 1. The number of nitrogens with one attached hydrogen (secondary N) is 2. The van der Waals surface area contributed by atoms with E-state index in [1.54, 1.807) is 12.1 Å². The van der Waals surface area contributed by atoms with Crippen molar-refractivity contribution in [2.45, 2.75) is 32.7 Å². The van der Waals surface area contributed by atoms with Gasteiger partial charge in [-0.2, -0.15) is 0 Å². The number of carbonyl (C=O) groups excluding carboxylic acids is 2. The van der Waals surface area contributed by atoms with Crippen LogP contribution >= 0.6 is 12.4 Å². The highest BCUT2D eigenvalue weighted by Crippen LogP contribution is 2.10. The molecular formula is C16H26ClN3O3. The molecule has 23 heavy (non-hydrogen) atoms. The largest absolute Gasteiger partial charge is 0.508 e. The minimum Gasteiger partial charge on any atom is -0.508 e. The molecule has 0 radical (unpaired) electrons. The maximum atomic E-state index is 11.8. The Labute approximate surface area is 143 Å². The number of hydrogen-bond acceptors (Lipinski definition) is 4. The lowest BCUT2D eigenvalue weighted by atomic mass is 9.99. The molecule has 2 amide bonds. The molecule has 0 aliphatic rings. The predicted octanol–water partition coefficient (Wildman–Crippen LogP) is 1.42. The molecule has 2 atom stereocenters. The van der Waals surface area contributed by atoms with Gasteiger partial charge in [0.2, 0.25) is 5.91 Å². The van der Waals surface area contributed by atoms with Gasteiger partial charge in [0.1, 0.15) is 5.75 Å². The van der Waals surface area contributed by atoms with Crippen LogP contribution in [0.15, 0.2) is 24.3 Å². The number of benzene rings is 1. The molecule has 0 saturated heterocycles. The van der Waals surface area contributed by atoms with E-state index in [1.165, 1.54) is 12.1 Å². The first-order valence-electron chi connectivity index (χ1n) is 7.56. The van der Waals surface area contributed by atoms with Gasteiger partial charge >= 0.3 is 0 Å². The van der Waals surface area contributed by atoms with Gasteiger partial charge in [0.05, 0.1) is 6.04 Å². The molecule has 1 rings (SSSR count). The van der Waals surface area contributed by atoms with Crippen molar-refractivity contribution >= 4 is 24.2 Å². The average Bonchev–Trinajstić information content (AvgIpc) is 2.52. The van der Waals surface area contributed by atoms with Crippen LogP contribution < -0.4 is 16.4 Å². The second kappa shape index (κ2) is 10.9. The summed E-state index contributed by atoms with van der Waals surface area (Å²) in [6.07, 6.45) is 1.47. The molecule has 7 heteroatoms. The molecular weight excluding hydrogens is 318 g/mol. The molecule has 0 aliphatic carbocycles. The third-order valence-electron chi connectivity index (χ3n) is 3.61. The Balaban J connectivity index is 0.00000484. The molecule has 0 spiro atoms. The van der Waals surface area contributed by atoms with Crippen LogP contribution in [0.2, 0.25) is 0 Å². The van der Waals surface area contributed by atoms with Crippen LogP contribution in [0.4, 0.5) is 0 Å². The minimum absolute atomic E-state index is 0. The van der Waals surface area contributed by atoms with Crippen molar-refractivity contribution in [3.63, 3.8) is 0 Å². The van der Waals surface area contributed by atoms with E-state index in [0.29, 0.717) is 25.1 Å². The van der Waals surface area contributed by atoms with E-state index in [0.717, 1.165) is 6.42 Å². The van der Waals surface area contributed by atoms with Gasteiger partial charge in [0, 0.05) is 18.7 Å². The Morgan fingerprint density at radius 2 is 1.91 bits per heavy atom. The second-order valence-corrected chi connectivity index (χ2v) is 5.36. The van der Waals surface area contributed by atoms with Gasteiger partial charge in [-0.1, -0.05) is 26.3 Å². The number of rotatable bonds is 8. The second-order valence-electron chi connectivity index (χ2n) is 5.36. The van der Waals surface area contributed by atoms with Crippen LogP contribution in [-0.2, 0) is 4.79 Å². The van der Waals surface area contributed by atoms with E-state index in [2.05, 4.69) is 10.6 Å². The maximum absolute atomic E-state index is 11.8. The Morgan fingerprint density at radius 3 is 2.52 bits per heavy atom. The summed E-state index contributed by atoms with van der Waals surface area (Å²) in [5, 5.41) is 14.8. The summed E-state index contributed by atoms with van der Waals surface area (Å²) in [6, 6.07) is 5.66. The van der Waals surface area contributed by atoms with Crippen molar-refractivity contribution in [3.05, 3.63) is 29.8 Å². The fourth-order valence-corrected chi connectivity index (χ4v) is 1.88. The van der Waals surface area contributed by atoms with Crippen molar-refractivity contribution in [1.29, 1.82) is 0 Å². The minimum atomic E-state index is -0.494. The van der Waals surface area contributed by atoms with Crippen LogP contribution in [0.3, 0.4) is 0 Å². The summed E-state index contributed by atoms with van der Waals surface area (Å²) in [4.78, 5) is 23.5. The molecule has 5 N–H and O–H groups in total. The van der Waals surface area contributed by atoms with Gasteiger partial charge in [-0.25, -0.2) is 0 Å². The topological polar surface area (TPSA) is 104 Å². The third-order valence-corrected chi connectivity index (χ3v) is 3.61. The average molecular weight is 344 g/mol. The molecule has 0 fully saturated rings. The molecule has 0 heterocycles. The van der Waals surface area contributed by atoms with Crippen molar-refractivity contribution in [1.82, 2.24) is 10.6 Å². The maximum Gasteiger partial charge on any atom is 0.251 e. The Bertz CT molecular complexity index is 511. The van der Waals surface area contributed by atoms with Crippen molar-refractivity contribution in [2.75, 3.05) is 13.1 Å². The summed E-state index contributed by atoms with van der Waals surface area (Å²) in [5.74, 6) is -0.211. The zero-order valence-corrected chi connectivity index (χ0v) is 14.4. The lowest BCUT2D eigenvalue weighted by Gasteiger charge is -2.17. The first-order valence-corrected chi connectivity index (χ1v) is 7.56. The number of aromatic hydroxyl groups is 1. The summed E-state index contributed by atoms with van der Waals surface area (Å²) in [7, 11) is 0. The molecule has 0 saturated carbocycles. The highest BCUT2D eigenvalue weighted by molar-refractivity contribution is 5.94. The third kappa shape index (κ3) is 7.34. The summed E-state index contributed by atoms with van der Waals surface area (Å²) >= 11 is 0. The van der Waals surface area contributed by atoms with Crippen LogP contribution in [0, 0.1) is 5.92 Å². The number of nitrogens with two attached hydrogens (primary N) is 1. The molecule has 130 valence electrons. The van der Waals surface area contributed by atoms with Gasteiger partial charge in [0.25, 0.3) is 5.91 Å². The van der Waals surface area contributed by atoms with Gasteiger partial charge in [-0.05, 0) is 30.5 Å². The summed E-state index contributed by atoms with van der Waals surface area (Å²) in [6.45, 7) is 4.84. The van der Waals surface area contributed by atoms with E-state index in [9.17, 15) is 14.7 Å². The molecule has 0 aliphatic heterocycles. The molecule has 6 nitrogen and oxygen atoms in total. The summed E-state index contributed by atoms with van der Waals surface area (Å²) < 4.78 is 0. The Kier molecular flexibility index (Phi) is 10.0. The lowest BCUT2D eigenvalue weighted by Crippen LogP contribution is -2.45. The molecule has 0 aromatic heterocycles. The van der Waals surface area contributed by atoms with Gasteiger partial charge in [-0.3, -0.25) is 9.59 Å². The van der Waals surface area contributed by atoms with E-state index < -0.39 is 6.04 Å². The smallest absolute Gasteiger partial charge is 0.251 e. The van der Waals surface area contributed by atoms with E-state index >= 15 is 0 Å². The van der Waals surface area contributed by atoms with Crippen LogP contribution in [0.25, 0.3) is 0 Å². The van der Waals surface area contributed by atoms with E-state index in [4.69, 9.17) is 5.73 Å². The van der Waals surface area contributed by atoms with E-state index in [-0.39, 0.29) is 35.9 Å². The quantitative estimate of drug-likeness (QED) is 0.536. The first-order chi connectivity index (χ1) is 10.5. The van der Waals surface area contributed by atoms with Gasteiger partial charge in [-0.15, -0.1) is 12.4 Å². The number of halogens is 1. The van der Waals surface area contributed by atoms with Crippen molar-refractivity contribution < 1.29 is 14.7 Å². The standard InChI is InChI=1S/C16H25N3O3.ClH/c1-3-11(2)14(17)16(22)19-9-5-8-18-15(21)12-6-4-7-13(20)10-12;/h4,6-7,10-11,14,20H,3,5,8-9,17H2,1-2H3,(H,18,21)(H,19,22);1H. The van der Waals surface area contributed by atoms with Crippen molar-refractivity contribution in [2.24, 2.45) is 11.7 Å². The zero-order chi connectivity index (χ0) is 16.5. The van der Waals surface area contributed by atoms with Gasteiger partial charge < -0.3 is 21.5 Å². The number of carbonyl (C=O) groups is 2. The SMILES string of the molecule is CCC(C)C(N)C(=O)NCCCNC(=O)c1cccc(O)c1.Cl. The predicted molar refractivity (Wildman–Crippen MR) is 92.7 cm³/mol. The lowest BCUT2D eigenvalue weighted by molar-refractivity contribution is -0.123. The molecule has 2 unspecified atom stereocenters. The zero-order valence-electron chi connectivity index (χ0n) is 13.5. The Hall–Kier alpha value is -1.79. The highest BCUT2D eigenvalue weighted by Gasteiger charge is 2.18. The fraction of sp³-hybridized carbons (Fsp3) is 0.500. The van der Waals surface area contributed by atoms with Gasteiger partial charge in [0.15, 0.2) is 0 Å². The number of phenolic OH excluding ortho intramolecular Hbond substituents is 1. The fourth-order valence-electron chi connectivity index (χ4n) is 1.88. The Morgan fingerprint density at radius 1 is 1.26 bits per heavy atom. The van der Waals surface area contributed by atoms with Crippen LogP contribution in [0.1, 0.15) is 37.0 Å².